The summed E-state index contributed by atoms with van der Waals surface area (Å²) in [5, 5.41) is 11.5. The molecule has 0 aliphatic carbocycles. The highest BCUT2D eigenvalue weighted by Gasteiger charge is 2.30. The Labute approximate surface area is 134 Å². The van der Waals surface area contributed by atoms with Crippen molar-refractivity contribution in [3.05, 3.63) is 27.2 Å². The normalized spacial score (nSPS) is 16.6. The van der Waals surface area contributed by atoms with E-state index in [4.69, 9.17) is 16.7 Å². The van der Waals surface area contributed by atoms with E-state index in [2.05, 4.69) is 21.2 Å². The van der Waals surface area contributed by atoms with Crippen LogP contribution < -0.4 is 5.32 Å². The number of carboxylic acids is 1. The third-order valence-corrected chi connectivity index (χ3v) is 5.96. The van der Waals surface area contributed by atoms with Gasteiger partial charge >= 0.3 is 5.97 Å². The van der Waals surface area contributed by atoms with Crippen molar-refractivity contribution in [3.8, 4) is 0 Å². The van der Waals surface area contributed by atoms with Gasteiger partial charge in [0.2, 0.25) is 15.9 Å². The Morgan fingerprint density at radius 1 is 1.43 bits per heavy atom. The molecule has 21 heavy (non-hydrogen) atoms. The van der Waals surface area contributed by atoms with Crippen molar-refractivity contribution in [2.45, 2.75) is 4.90 Å². The van der Waals surface area contributed by atoms with Gasteiger partial charge in [0, 0.05) is 17.6 Å². The number of halogens is 2. The number of hydrogen-bond acceptors (Lipinski definition) is 4. The molecule has 1 aromatic carbocycles. The minimum atomic E-state index is -3.97. The number of hydrogen-bond donors (Lipinski definition) is 2. The molecule has 0 atom stereocenters. The number of carboxylic acid groups (broad SMARTS) is 1. The predicted octanol–water partition coefficient (Wildman–Crippen LogP) is 0.921. The molecular formula is C11H10BrClN2O5S. The summed E-state index contributed by atoms with van der Waals surface area (Å²) in [4.78, 5) is 22.2. The van der Waals surface area contributed by atoms with Crippen LogP contribution in [-0.2, 0) is 14.8 Å². The van der Waals surface area contributed by atoms with Gasteiger partial charge in [-0.25, -0.2) is 13.2 Å². The lowest BCUT2D eigenvalue weighted by molar-refractivity contribution is -0.122. The van der Waals surface area contributed by atoms with E-state index >= 15 is 0 Å². The second-order valence-electron chi connectivity index (χ2n) is 4.26. The number of piperazine rings is 1. The van der Waals surface area contributed by atoms with Crippen molar-refractivity contribution in [1.29, 1.82) is 0 Å². The molecule has 10 heteroatoms. The Kier molecular flexibility index (Phi) is 4.57. The zero-order valence-electron chi connectivity index (χ0n) is 10.5. The summed E-state index contributed by atoms with van der Waals surface area (Å²) in [6, 6.07) is 2.20. The first kappa shape index (κ1) is 16.2. The van der Waals surface area contributed by atoms with Gasteiger partial charge in [0.25, 0.3) is 0 Å². The van der Waals surface area contributed by atoms with Crippen LogP contribution in [0.2, 0.25) is 5.02 Å². The zero-order valence-corrected chi connectivity index (χ0v) is 13.6. The molecule has 1 saturated heterocycles. The lowest BCUT2D eigenvalue weighted by Crippen LogP contribution is -2.49. The van der Waals surface area contributed by atoms with Gasteiger partial charge in [-0.05, 0) is 28.1 Å². The van der Waals surface area contributed by atoms with Crippen LogP contribution in [0.25, 0.3) is 0 Å². The molecular weight excluding hydrogens is 388 g/mol. The van der Waals surface area contributed by atoms with Gasteiger partial charge in [-0.1, -0.05) is 11.6 Å². The first-order chi connectivity index (χ1) is 9.73. The fraction of sp³-hybridized carbons (Fsp3) is 0.273. The molecule has 1 aliphatic rings. The standard InChI is InChI=1S/C11H10BrClN2O5S/c12-8-4-6(3-7(10(8)13)11(17)18)21(19,20)15-2-1-14-9(16)5-15/h3-4H,1-2,5H2,(H,14,16)(H,17,18). The number of carbonyl (C=O) groups excluding carboxylic acids is 1. The van der Waals surface area contributed by atoms with E-state index in [1.807, 2.05) is 0 Å². The van der Waals surface area contributed by atoms with Gasteiger partial charge in [-0.3, -0.25) is 4.79 Å². The van der Waals surface area contributed by atoms with Crippen LogP contribution in [0, 0.1) is 0 Å². The summed E-state index contributed by atoms with van der Waals surface area (Å²) in [5.41, 5.74) is -0.328. The predicted molar refractivity (Wildman–Crippen MR) is 77.9 cm³/mol. The first-order valence-corrected chi connectivity index (χ1v) is 8.34. The lowest BCUT2D eigenvalue weighted by Gasteiger charge is -2.26. The maximum Gasteiger partial charge on any atom is 0.337 e. The number of nitrogens with one attached hydrogen (secondary N) is 1. The van der Waals surface area contributed by atoms with Crippen molar-refractivity contribution < 1.29 is 23.1 Å². The molecule has 0 saturated carbocycles. The molecule has 7 nitrogen and oxygen atoms in total. The maximum atomic E-state index is 12.5. The summed E-state index contributed by atoms with van der Waals surface area (Å²) in [6.45, 7) is 0.0281. The number of nitrogens with zero attached hydrogens (tertiary/aromatic N) is 1. The fourth-order valence-electron chi connectivity index (χ4n) is 1.84. The molecule has 1 heterocycles. The molecule has 0 spiro atoms. The molecule has 2 rings (SSSR count). The van der Waals surface area contributed by atoms with Crippen LogP contribution in [0.4, 0.5) is 0 Å². The zero-order chi connectivity index (χ0) is 15.8. The molecule has 0 radical (unpaired) electrons. The lowest BCUT2D eigenvalue weighted by atomic mass is 10.2. The number of sulfonamides is 1. The van der Waals surface area contributed by atoms with E-state index in [0.29, 0.717) is 0 Å². The van der Waals surface area contributed by atoms with E-state index in [9.17, 15) is 18.0 Å². The molecule has 0 unspecified atom stereocenters. The van der Waals surface area contributed by atoms with Crippen LogP contribution in [0.15, 0.2) is 21.5 Å². The second kappa shape index (κ2) is 5.91. The third kappa shape index (κ3) is 3.20. The van der Waals surface area contributed by atoms with Gasteiger partial charge in [-0.2, -0.15) is 4.31 Å². The van der Waals surface area contributed by atoms with Crippen molar-refractivity contribution >= 4 is 49.4 Å². The Bertz CT molecular complexity index is 722. The Balaban J connectivity index is 2.50. The first-order valence-electron chi connectivity index (χ1n) is 5.72. The van der Waals surface area contributed by atoms with Crippen molar-refractivity contribution in [1.82, 2.24) is 9.62 Å². The van der Waals surface area contributed by atoms with Crippen LogP contribution in [0.3, 0.4) is 0 Å². The fourth-order valence-corrected chi connectivity index (χ4v) is 4.09. The van der Waals surface area contributed by atoms with Crippen molar-refractivity contribution in [2.75, 3.05) is 19.6 Å². The minimum Gasteiger partial charge on any atom is -0.478 e. The number of amides is 1. The topological polar surface area (TPSA) is 104 Å². The van der Waals surface area contributed by atoms with Gasteiger partial charge in [0.1, 0.15) is 0 Å². The van der Waals surface area contributed by atoms with Crippen LogP contribution in [0.1, 0.15) is 10.4 Å². The number of benzene rings is 1. The average molecular weight is 398 g/mol. The molecule has 0 aromatic heterocycles. The van der Waals surface area contributed by atoms with E-state index in [1.54, 1.807) is 0 Å². The molecule has 1 aromatic rings. The smallest absolute Gasteiger partial charge is 0.337 e. The SMILES string of the molecule is O=C1CN(S(=O)(=O)c2cc(Br)c(Cl)c(C(=O)O)c2)CCN1. The average Bonchev–Trinajstić information content (AvgIpc) is 2.41. The van der Waals surface area contributed by atoms with Gasteiger partial charge in [0.15, 0.2) is 0 Å². The highest BCUT2D eigenvalue weighted by atomic mass is 79.9. The molecule has 2 N–H and O–H groups in total. The maximum absolute atomic E-state index is 12.5. The number of aromatic carboxylic acids is 1. The highest BCUT2D eigenvalue weighted by Crippen LogP contribution is 2.31. The van der Waals surface area contributed by atoms with Gasteiger partial charge in [0.05, 0.1) is 22.0 Å². The summed E-state index contributed by atoms with van der Waals surface area (Å²) >= 11 is 8.86. The summed E-state index contributed by atoms with van der Waals surface area (Å²) in [5.74, 6) is -1.74. The molecule has 1 amide bonds. The quantitative estimate of drug-likeness (QED) is 0.789. The minimum absolute atomic E-state index is 0.0853. The Morgan fingerprint density at radius 3 is 2.67 bits per heavy atom. The largest absolute Gasteiger partial charge is 0.478 e. The molecule has 114 valence electrons. The highest BCUT2D eigenvalue weighted by molar-refractivity contribution is 9.10. The van der Waals surface area contributed by atoms with Gasteiger partial charge in [-0.15, -0.1) is 0 Å². The third-order valence-electron chi connectivity index (χ3n) is 2.87. The van der Waals surface area contributed by atoms with E-state index in [0.717, 1.165) is 10.4 Å². The van der Waals surface area contributed by atoms with E-state index < -0.39 is 21.9 Å². The molecule has 1 aliphatic heterocycles. The van der Waals surface area contributed by atoms with E-state index in [-0.39, 0.29) is 39.6 Å². The van der Waals surface area contributed by atoms with Crippen molar-refractivity contribution in [3.63, 3.8) is 0 Å². The summed E-state index contributed by atoms with van der Waals surface area (Å²) in [6.07, 6.45) is 0. The Morgan fingerprint density at radius 2 is 2.10 bits per heavy atom. The number of carbonyl (C=O) groups is 2. The van der Waals surface area contributed by atoms with Crippen LogP contribution in [-0.4, -0.2) is 49.3 Å². The summed E-state index contributed by atoms with van der Waals surface area (Å²) in [7, 11) is -3.97. The second-order valence-corrected chi connectivity index (χ2v) is 7.43. The summed E-state index contributed by atoms with van der Waals surface area (Å²) < 4.78 is 26.1. The molecule has 0 bridgehead atoms. The monoisotopic (exact) mass is 396 g/mol. The Hall–Kier alpha value is -1.16. The number of rotatable bonds is 3. The van der Waals surface area contributed by atoms with E-state index in [1.165, 1.54) is 6.07 Å². The van der Waals surface area contributed by atoms with Crippen LogP contribution >= 0.6 is 27.5 Å². The van der Waals surface area contributed by atoms with Crippen molar-refractivity contribution in [2.24, 2.45) is 0 Å². The molecule has 1 fully saturated rings. The van der Waals surface area contributed by atoms with Gasteiger partial charge < -0.3 is 10.4 Å². The van der Waals surface area contributed by atoms with Crippen LogP contribution in [0.5, 0.6) is 0 Å².